The van der Waals surface area contributed by atoms with Gasteiger partial charge in [-0.15, -0.1) is 0 Å². The number of esters is 1. The zero-order valence-corrected chi connectivity index (χ0v) is 17.6. The fraction of sp³-hybridized carbons (Fsp3) is 0.391. The van der Waals surface area contributed by atoms with E-state index in [2.05, 4.69) is 44.2 Å². The van der Waals surface area contributed by atoms with Gasteiger partial charge in [0.05, 0.1) is 0 Å². The molecule has 2 aromatic carbocycles. The molecule has 140 valence electrons. The molecule has 2 aromatic rings. The molecule has 3 atom stereocenters. The second-order valence-corrected chi connectivity index (χ2v) is 10.7. The van der Waals surface area contributed by atoms with Crippen molar-refractivity contribution >= 4 is 31.2 Å². The maximum absolute atomic E-state index is 13.6. The van der Waals surface area contributed by atoms with E-state index < -0.39 is 16.8 Å². The van der Waals surface area contributed by atoms with Crippen LogP contribution in [0.4, 0.5) is 0 Å². The molecule has 0 saturated heterocycles. The van der Waals surface area contributed by atoms with Crippen LogP contribution in [-0.2, 0) is 26.2 Å². The van der Waals surface area contributed by atoms with Gasteiger partial charge in [0, 0.05) is 0 Å². The van der Waals surface area contributed by atoms with Crippen LogP contribution in [-0.4, -0.2) is 33.8 Å². The van der Waals surface area contributed by atoms with E-state index in [-0.39, 0.29) is 31.5 Å². The van der Waals surface area contributed by atoms with Crippen molar-refractivity contribution in [2.24, 2.45) is 11.3 Å². The minimum absolute atomic E-state index is 0.0539. The molecule has 27 heavy (non-hydrogen) atoms. The maximum atomic E-state index is 13.6. The predicted octanol–water partition coefficient (Wildman–Crippen LogP) is 3.09. The van der Waals surface area contributed by atoms with Crippen molar-refractivity contribution in [1.29, 1.82) is 0 Å². The zero-order chi connectivity index (χ0) is 19.2. The third kappa shape index (κ3) is 2.54. The molecule has 0 heterocycles. The van der Waals surface area contributed by atoms with E-state index in [1.165, 1.54) is 11.6 Å². The summed E-state index contributed by atoms with van der Waals surface area (Å²) in [5.41, 5.74) is 0.253. The molecule has 1 fully saturated rings. The van der Waals surface area contributed by atoms with Gasteiger partial charge < -0.3 is 0 Å². The van der Waals surface area contributed by atoms with E-state index in [1.54, 1.807) is 0 Å². The summed E-state index contributed by atoms with van der Waals surface area (Å²) in [6, 6.07) is 18.4. The summed E-state index contributed by atoms with van der Waals surface area (Å²) in [6.45, 7) is 4.19. The van der Waals surface area contributed by atoms with Crippen LogP contribution in [0.1, 0.15) is 31.4 Å². The first kappa shape index (κ1) is 18.5. The van der Waals surface area contributed by atoms with Crippen molar-refractivity contribution in [3.05, 3.63) is 65.7 Å². The number of Topliss-reactive ketones (excluding diaryl/α,β-unsaturated/α-hetero) is 1. The summed E-state index contributed by atoms with van der Waals surface area (Å²) in [5.74, 6) is -0.455. The van der Waals surface area contributed by atoms with Crippen molar-refractivity contribution < 1.29 is 14.3 Å². The zero-order valence-electron chi connectivity index (χ0n) is 15.9. The Balaban J connectivity index is 1.90. The van der Waals surface area contributed by atoms with Crippen LogP contribution < -0.4 is 4.46 Å². The van der Waals surface area contributed by atoms with Gasteiger partial charge in [0.2, 0.25) is 0 Å². The van der Waals surface area contributed by atoms with Gasteiger partial charge in [-0.2, -0.15) is 0 Å². The van der Waals surface area contributed by atoms with Gasteiger partial charge in [0.25, 0.3) is 0 Å². The van der Waals surface area contributed by atoms with Gasteiger partial charge in [-0.05, 0) is 0 Å². The number of rotatable bonds is 3. The van der Waals surface area contributed by atoms with E-state index in [4.69, 9.17) is 4.74 Å². The molecule has 3 nitrogen and oxygen atoms in total. The topological polar surface area (TPSA) is 43.4 Å². The van der Waals surface area contributed by atoms with Crippen molar-refractivity contribution in [1.82, 2.24) is 0 Å². The summed E-state index contributed by atoms with van der Waals surface area (Å²) < 4.78 is 6.58. The standard InChI is InChI=1S/C23H24O3Se/c1-22(2)19(27-17-10-5-4-6-11-17)14-16-13-15-9-7-8-12-18(15)23(22,20(16)24)21(25)26-3/h4-12,16,19H,13-14H2,1-3H3/t16-,19-,23-/m1/s1. The number of hydrogen-bond donors (Lipinski definition) is 0. The van der Waals surface area contributed by atoms with Crippen molar-refractivity contribution in [2.75, 3.05) is 7.11 Å². The number of carbonyl (C=O) groups excluding carboxylic acids is 2. The molecule has 2 aliphatic rings. The Morgan fingerprint density at radius 2 is 1.74 bits per heavy atom. The third-order valence-electron chi connectivity index (χ3n) is 6.41. The van der Waals surface area contributed by atoms with E-state index in [0.29, 0.717) is 0 Å². The average Bonchev–Trinajstić information content (AvgIpc) is 2.67. The summed E-state index contributed by atoms with van der Waals surface area (Å²) in [6.07, 6.45) is 1.57. The summed E-state index contributed by atoms with van der Waals surface area (Å²) in [4.78, 5) is 27.1. The van der Waals surface area contributed by atoms with Gasteiger partial charge in [0.15, 0.2) is 0 Å². The number of hydrogen-bond acceptors (Lipinski definition) is 3. The number of fused-ring (bicyclic) bond motifs is 4. The molecule has 0 radical (unpaired) electrons. The van der Waals surface area contributed by atoms with E-state index in [9.17, 15) is 9.59 Å². The van der Waals surface area contributed by atoms with Crippen LogP contribution in [0.15, 0.2) is 54.6 Å². The SMILES string of the molecule is COC(=O)[C@]12C(=O)[C@H](Cc3ccccc31)C[C@@H]([Se]c1ccccc1)C2(C)C. The molecule has 1 saturated carbocycles. The number of ketones is 1. The first-order chi connectivity index (χ1) is 12.9. The van der Waals surface area contributed by atoms with Crippen LogP contribution in [0, 0.1) is 11.3 Å². The van der Waals surface area contributed by atoms with Crippen LogP contribution in [0.2, 0.25) is 4.82 Å². The molecule has 2 bridgehead atoms. The minimum atomic E-state index is -1.21. The predicted molar refractivity (Wildman–Crippen MR) is 106 cm³/mol. The van der Waals surface area contributed by atoms with Crippen molar-refractivity contribution in [3.63, 3.8) is 0 Å². The Labute approximate surface area is 166 Å². The molecule has 2 aliphatic carbocycles. The van der Waals surface area contributed by atoms with Crippen LogP contribution >= 0.6 is 0 Å². The molecule has 0 aliphatic heterocycles. The van der Waals surface area contributed by atoms with Gasteiger partial charge in [0.1, 0.15) is 0 Å². The molecule has 0 amide bonds. The van der Waals surface area contributed by atoms with Gasteiger partial charge in [-0.25, -0.2) is 0 Å². The van der Waals surface area contributed by atoms with Gasteiger partial charge >= 0.3 is 167 Å². The Bertz CT molecular complexity index is 890. The van der Waals surface area contributed by atoms with E-state index in [1.807, 2.05) is 24.3 Å². The number of methoxy groups -OCH3 is 1. The Morgan fingerprint density at radius 3 is 2.44 bits per heavy atom. The average molecular weight is 427 g/mol. The second kappa shape index (κ2) is 6.61. The second-order valence-electron chi connectivity index (χ2n) is 8.04. The third-order valence-corrected chi connectivity index (χ3v) is 9.79. The Morgan fingerprint density at radius 1 is 1.07 bits per heavy atom. The van der Waals surface area contributed by atoms with Crippen molar-refractivity contribution in [2.45, 2.75) is 36.9 Å². The van der Waals surface area contributed by atoms with Crippen LogP contribution in [0.5, 0.6) is 0 Å². The Hall–Kier alpha value is -1.90. The number of ether oxygens (including phenoxy) is 1. The summed E-state index contributed by atoms with van der Waals surface area (Å²) in [5, 5.41) is 0. The van der Waals surface area contributed by atoms with E-state index in [0.717, 1.165) is 24.0 Å². The molecular weight excluding hydrogens is 403 g/mol. The van der Waals surface area contributed by atoms with Gasteiger partial charge in [-0.3, -0.25) is 0 Å². The number of benzene rings is 2. The molecule has 0 aromatic heterocycles. The van der Waals surface area contributed by atoms with E-state index >= 15 is 0 Å². The number of carbonyl (C=O) groups is 2. The first-order valence-corrected chi connectivity index (χ1v) is 11.2. The fourth-order valence-electron chi connectivity index (χ4n) is 5.00. The molecular formula is C23H24O3Se. The van der Waals surface area contributed by atoms with Gasteiger partial charge in [-0.1, -0.05) is 0 Å². The Kier molecular flexibility index (Phi) is 4.52. The quantitative estimate of drug-likeness (QED) is 0.430. The van der Waals surface area contributed by atoms with Crippen LogP contribution in [0.25, 0.3) is 0 Å². The fourth-order valence-corrected chi connectivity index (χ4v) is 8.02. The normalized spacial score (nSPS) is 28.3. The molecule has 0 spiro atoms. The molecule has 4 heteroatoms. The molecule has 4 rings (SSSR count). The van der Waals surface area contributed by atoms with Crippen molar-refractivity contribution in [3.8, 4) is 0 Å². The summed E-state index contributed by atoms with van der Waals surface area (Å²) in [7, 11) is 1.40. The summed E-state index contributed by atoms with van der Waals surface area (Å²) >= 11 is 0.176. The molecule has 0 unspecified atom stereocenters. The first-order valence-electron chi connectivity index (χ1n) is 9.35. The molecule has 0 N–H and O–H groups in total. The van der Waals surface area contributed by atoms with Crippen LogP contribution in [0.3, 0.4) is 0 Å². The monoisotopic (exact) mass is 428 g/mol.